The van der Waals surface area contributed by atoms with Crippen LogP contribution in [-0.2, 0) is 9.53 Å². The van der Waals surface area contributed by atoms with E-state index in [9.17, 15) is 14.4 Å². The number of carbonyl (C=O) groups is 3. The summed E-state index contributed by atoms with van der Waals surface area (Å²) in [5.41, 5.74) is 0.712. The van der Waals surface area contributed by atoms with Crippen molar-refractivity contribution >= 4 is 29.1 Å². The Bertz CT molecular complexity index is 842. The number of fused-ring (bicyclic) bond motifs is 1. The number of thiophene rings is 1. The molecule has 2 aliphatic rings. The minimum absolute atomic E-state index is 0.134. The molecule has 1 fully saturated rings. The highest BCUT2D eigenvalue weighted by Crippen LogP contribution is 2.22. The van der Waals surface area contributed by atoms with Crippen molar-refractivity contribution in [2.75, 3.05) is 39.4 Å². The molecule has 4 rings (SSSR count). The summed E-state index contributed by atoms with van der Waals surface area (Å²) < 4.78 is 5.45. The maximum Gasteiger partial charge on any atom is 0.262 e. The van der Waals surface area contributed by atoms with Crippen LogP contribution in [0.1, 0.15) is 31.6 Å². The van der Waals surface area contributed by atoms with Crippen LogP contribution in [0.5, 0.6) is 0 Å². The molecule has 1 aromatic carbocycles. The van der Waals surface area contributed by atoms with Gasteiger partial charge in [0.25, 0.3) is 11.8 Å². The fourth-order valence-electron chi connectivity index (χ4n) is 3.72. The van der Waals surface area contributed by atoms with Gasteiger partial charge in [-0.1, -0.05) is 18.2 Å². The van der Waals surface area contributed by atoms with Crippen LogP contribution in [0.25, 0.3) is 0 Å². The number of hydrogen-bond donors (Lipinski definition) is 2. The number of ether oxygens (including phenoxy) is 1. The van der Waals surface area contributed by atoms with Crippen molar-refractivity contribution in [1.82, 2.24) is 10.2 Å². The van der Waals surface area contributed by atoms with Gasteiger partial charge in [0.15, 0.2) is 0 Å². The van der Waals surface area contributed by atoms with Crippen molar-refractivity contribution in [3.05, 3.63) is 57.8 Å². The van der Waals surface area contributed by atoms with E-state index in [0.29, 0.717) is 30.9 Å². The van der Waals surface area contributed by atoms with Crippen molar-refractivity contribution in [1.29, 1.82) is 0 Å². The number of hydrogen-bond acceptors (Lipinski definition) is 5. The van der Waals surface area contributed by atoms with E-state index in [1.54, 1.807) is 35.6 Å². The van der Waals surface area contributed by atoms with Gasteiger partial charge in [0.05, 0.1) is 35.8 Å². The topological polar surface area (TPSA) is 80.2 Å². The average molecular weight is 400 g/mol. The molecule has 7 nitrogen and oxygen atoms in total. The van der Waals surface area contributed by atoms with Gasteiger partial charge in [0, 0.05) is 0 Å². The summed E-state index contributed by atoms with van der Waals surface area (Å²) >= 11 is 1.67. The summed E-state index contributed by atoms with van der Waals surface area (Å²) in [6.45, 7) is 3.38. The fourth-order valence-corrected chi connectivity index (χ4v) is 4.60. The predicted octanol–water partition coefficient (Wildman–Crippen LogP) is 0.117. The Labute approximate surface area is 166 Å². The van der Waals surface area contributed by atoms with E-state index in [1.165, 1.54) is 9.78 Å². The summed E-state index contributed by atoms with van der Waals surface area (Å²) in [6.07, 6.45) is 0. The lowest BCUT2D eigenvalue weighted by molar-refractivity contribution is -0.937. The lowest BCUT2D eigenvalue weighted by atomic mass is 10.1. The zero-order valence-corrected chi connectivity index (χ0v) is 16.2. The molecule has 1 atom stereocenters. The first-order valence-corrected chi connectivity index (χ1v) is 10.2. The van der Waals surface area contributed by atoms with Gasteiger partial charge < -0.3 is 15.0 Å². The summed E-state index contributed by atoms with van der Waals surface area (Å²) in [5, 5.41) is 4.95. The number of rotatable bonds is 6. The molecule has 1 saturated heterocycles. The van der Waals surface area contributed by atoms with Gasteiger partial charge >= 0.3 is 0 Å². The normalized spacial score (nSPS) is 18.2. The molecule has 0 spiro atoms. The molecule has 0 unspecified atom stereocenters. The second-order valence-corrected chi connectivity index (χ2v) is 7.86. The quantitative estimate of drug-likeness (QED) is 0.675. The van der Waals surface area contributed by atoms with Crippen LogP contribution in [-0.4, -0.2) is 62.0 Å². The van der Waals surface area contributed by atoms with E-state index in [-0.39, 0.29) is 18.5 Å². The average Bonchev–Trinajstić information content (AvgIpc) is 3.33. The third-order valence-corrected chi connectivity index (χ3v) is 6.18. The van der Waals surface area contributed by atoms with Gasteiger partial charge in [-0.25, -0.2) is 0 Å². The van der Waals surface area contributed by atoms with Crippen molar-refractivity contribution in [3.8, 4) is 0 Å². The van der Waals surface area contributed by atoms with Crippen LogP contribution in [0, 0.1) is 0 Å². The number of nitrogens with zero attached hydrogens (tertiary/aromatic N) is 1. The standard InChI is InChI=1S/C20H21N3O4S/c24-18(13-23-19(25)14-4-1-2-5-15(14)20(23)26)21-12-16(17-6-3-11-28-17)22-7-9-27-10-8-22/h1-6,11,16H,7-10,12-13H2,(H,21,24)/p+1/t16-/m1/s1. The van der Waals surface area contributed by atoms with Gasteiger partial charge in [-0.3, -0.25) is 19.3 Å². The van der Waals surface area contributed by atoms with E-state index < -0.39 is 11.8 Å². The Hall–Kier alpha value is -2.55. The number of morpholine rings is 1. The number of imide groups is 1. The summed E-state index contributed by atoms with van der Waals surface area (Å²) in [4.78, 5) is 40.9. The molecule has 2 aliphatic heterocycles. The maximum absolute atomic E-state index is 12.5. The number of nitrogens with one attached hydrogen (secondary N) is 2. The van der Waals surface area contributed by atoms with Crippen LogP contribution in [0.4, 0.5) is 0 Å². The largest absolute Gasteiger partial charge is 0.370 e. The Morgan fingerprint density at radius 1 is 1.11 bits per heavy atom. The maximum atomic E-state index is 12.5. The SMILES string of the molecule is O=C(CN1C(=O)c2ccccc2C1=O)NC[C@H](c1cccs1)[NH+]1CCOCC1. The molecule has 0 saturated carbocycles. The second kappa shape index (κ2) is 8.22. The highest BCUT2D eigenvalue weighted by molar-refractivity contribution is 7.10. The smallest absolute Gasteiger partial charge is 0.262 e. The number of carbonyl (C=O) groups excluding carboxylic acids is 3. The van der Waals surface area contributed by atoms with Crippen molar-refractivity contribution in [3.63, 3.8) is 0 Å². The van der Waals surface area contributed by atoms with E-state index >= 15 is 0 Å². The highest BCUT2D eigenvalue weighted by Gasteiger charge is 2.36. The molecule has 0 radical (unpaired) electrons. The number of quaternary nitrogens is 1. The van der Waals surface area contributed by atoms with E-state index in [1.807, 2.05) is 11.4 Å². The number of benzene rings is 1. The third kappa shape index (κ3) is 3.71. The van der Waals surface area contributed by atoms with E-state index in [0.717, 1.165) is 18.0 Å². The predicted molar refractivity (Wildman–Crippen MR) is 103 cm³/mol. The molecular weight excluding hydrogens is 378 g/mol. The van der Waals surface area contributed by atoms with Gasteiger partial charge in [-0.2, -0.15) is 0 Å². The molecule has 2 aromatic rings. The number of amides is 3. The molecule has 0 aliphatic carbocycles. The summed E-state index contributed by atoms with van der Waals surface area (Å²) in [7, 11) is 0. The van der Waals surface area contributed by atoms with Crippen molar-refractivity contribution in [2.45, 2.75) is 6.04 Å². The molecule has 0 bridgehead atoms. The molecule has 28 heavy (non-hydrogen) atoms. The zero-order valence-electron chi connectivity index (χ0n) is 15.3. The molecule has 3 heterocycles. The van der Waals surface area contributed by atoms with Gasteiger partial charge in [0.2, 0.25) is 5.91 Å². The molecule has 1 aromatic heterocycles. The molecular formula is C20H22N3O4S+. The van der Waals surface area contributed by atoms with Gasteiger partial charge in [-0.05, 0) is 23.6 Å². The van der Waals surface area contributed by atoms with Crippen molar-refractivity contribution in [2.24, 2.45) is 0 Å². The van der Waals surface area contributed by atoms with Gasteiger partial charge in [-0.15, -0.1) is 11.3 Å². The van der Waals surface area contributed by atoms with E-state index in [4.69, 9.17) is 4.74 Å². The Morgan fingerprint density at radius 2 is 1.79 bits per heavy atom. The highest BCUT2D eigenvalue weighted by atomic mass is 32.1. The summed E-state index contributed by atoms with van der Waals surface area (Å²) in [5.74, 6) is -1.16. The first kappa shape index (κ1) is 18.8. The van der Waals surface area contributed by atoms with Crippen LogP contribution in [0.3, 0.4) is 0 Å². The third-order valence-electron chi connectivity index (χ3n) is 5.20. The van der Waals surface area contributed by atoms with E-state index in [2.05, 4.69) is 11.4 Å². The summed E-state index contributed by atoms with van der Waals surface area (Å²) in [6, 6.07) is 10.9. The first-order valence-electron chi connectivity index (χ1n) is 9.33. The van der Waals surface area contributed by atoms with Crippen molar-refractivity contribution < 1.29 is 24.0 Å². The zero-order chi connectivity index (χ0) is 19.5. The Morgan fingerprint density at radius 3 is 2.39 bits per heavy atom. The minimum Gasteiger partial charge on any atom is -0.370 e. The van der Waals surface area contributed by atoms with Crippen LogP contribution in [0.2, 0.25) is 0 Å². The molecule has 8 heteroatoms. The fraction of sp³-hybridized carbons (Fsp3) is 0.350. The molecule has 2 N–H and O–H groups in total. The van der Waals surface area contributed by atoms with Crippen LogP contribution in [0.15, 0.2) is 41.8 Å². The lowest BCUT2D eigenvalue weighted by Gasteiger charge is -2.31. The Balaban J connectivity index is 1.39. The second-order valence-electron chi connectivity index (χ2n) is 6.88. The molecule has 3 amide bonds. The van der Waals surface area contributed by atoms with Gasteiger partial charge in [0.1, 0.15) is 25.7 Å². The van der Waals surface area contributed by atoms with Crippen LogP contribution >= 0.6 is 11.3 Å². The molecule has 146 valence electrons. The first-order chi connectivity index (χ1) is 13.6. The monoisotopic (exact) mass is 400 g/mol. The van der Waals surface area contributed by atoms with Crippen LogP contribution < -0.4 is 10.2 Å². The Kier molecular flexibility index (Phi) is 5.52. The minimum atomic E-state index is -0.413. The lowest BCUT2D eigenvalue weighted by Crippen LogP contribution is -3.15.